The van der Waals surface area contributed by atoms with Crippen LogP contribution in [0.1, 0.15) is 68.3 Å². The lowest BCUT2D eigenvalue weighted by Crippen LogP contribution is -2.18. The lowest BCUT2D eigenvalue weighted by molar-refractivity contribution is -0.106. The molecule has 1 rings (SSSR count). The molecule has 0 fully saturated rings. The van der Waals surface area contributed by atoms with Crippen molar-refractivity contribution in [1.82, 2.24) is 0 Å². The SMILES string of the molecule is CCCC(=O)c1c(F)cc(C(C)(C)C)cc1C(OC)OC. The maximum atomic E-state index is 14.5. The van der Waals surface area contributed by atoms with Crippen molar-refractivity contribution in [3.63, 3.8) is 0 Å². The van der Waals surface area contributed by atoms with Crippen LogP contribution in [0.2, 0.25) is 0 Å². The minimum atomic E-state index is -0.752. The second kappa shape index (κ2) is 7.14. The Morgan fingerprint density at radius 3 is 2.24 bits per heavy atom. The van der Waals surface area contributed by atoms with Gasteiger partial charge in [0.25, 0.3) is 0 Å². The molecular weight excluding hydrogens is 271 g/mol. The van der Waals surface area contributed by atoms with Gasteiger partial charge in [-0.2, -0.15) is 0 Å². The van der Waals surface area contributed by atoms with Crippen LogP contribution < -0.4 is 0 Å². The fourth-order valence-corrected chi connectivity index (χ4v) is 2.24. The van der Waals surface area contributed by atoms with Crippen molar-refractivity contribution < 1.29 is 18.7 Å². The lowest BCUT2D eigenvalue weighted by atomic mass is 9.84. The number of carbonyl (C=O) groups excluding carboxylic acids is 1. The molecule has 3 nitrogen and oxygen atoms in total. The molecule has 0 radical (unpaired) electrons. The fourth-order valence-electron chi connectivity index (χ4n) is 2.24. The Kier molecular flexibility index (Phi) is 6.05. The molecule has 1 aromatic rings. The molecular formula is C17H25FO3. The second-order valence-electron chi connectivity index (χ2n) is 6.15. The molecule has 0 amide bonds. The highest BCUT2D eigenvalue weighted by Crippen LogP contribution is 2.32. The molecule has 4 heteroatoms. The van der Waals surface area contributed by atoms with Gasteiger partial charge >= 0.3 is 0 Å². The van der Waals surface area contributed by atoms with Gasteiger partial charge in [-0.25, -0.2) is 4.39 Å². The number of halogens is 1. The predicted octanol–water partition coefficient (Wildman–Crippen LogP) is 4.40. The molecule has 21 heavy (non-hydrogen) atoms. The Balaban J connectivity index is 3.51. The van der Waals surface area contributed by atoms with E-state index < -0.39 is 12.1 Å². The molecule has 0 aliphatic heterocycles. The van der Waals surface area contributed by atoms with Crippen LogP contribution in [0.3, 0.4) is 0 Å². The van der Waals surface area contributed by atoms with Gasteiger partial charge in [0, 0.05) is 26.2 Å². The average molecular weight is 296 g/mol. The minimum Gasteiger partial charge on any atom is -0.352 e. The normalized spacial score (nSPS) is 12.0. The van der Waals surface area contributed by atoms with Crippen molar-refractivity contribution in [3.8, 4) is 0 Å². The lowest BCUT2D eigenvalue weighted by Gasteiger charge is -2.24. The molecule has 0 aromatic heterocycles. The van der Waals surface area contributed by atoms with Crippen molar-refractivity contribution in [3.05, 3.63) is 34.6 Å². The van der Waals surface area contributed by atoms with E-state index in [0.717, 1.165) is 5.56 Å². The molecule has 1 aromatic carbocycles. The van der Waals surface area contributed by atoms with Crippen LogP contribution >= 0.6 is 0 Å². The number of Topliss-reactive ketones (excluding diaryl/α,β-unsaturated/α-hetero) is 1. The number of methoxy groups -OCH3 is 2. The van der Waals surface area contributed by atoms with E-state index in [2.05, 4.69) is 0 Å². The summed E-state index contributed by atoms with van der Waals surface area (Å²) in [6, 6.07) is 3.25. The van der Waals surface area contributed by atoms with Gasteiger partial charge in [-0.15, -0.1) is 0 Å². The van der Waals surface area contributed by atoms with Crippen LogP contribution in [0.25, 0.3) is 0 Å². The molecule has 0 saturated heterocycles. The molecule has 0 unspecified atom stereocenters. The summed E-state index contributed by atoms with van der Waals surface area (Å²) < 4.78 is 25.0. The summed E-state index contributed by atoms with van der Waals surface area (Å²) in [4.78, 5) is 12.2. The predicted molar refractivity (Wildman–Crippen MR) is 81.1 cm³/mol. The number of hydrogen-bond acceptors (Lipinski definition) is 3. The Bertz CT molecular complexity index is 499. The van der Waals surface area contributed by atoms with Crippen molar-refractivity contribution in [2.75, 3.05) is 14.2 Å². The van der Waals surface area contributed by atoms with E-state index in [4.69, 9.17) is 9.47 Å². The number of hydrogen-bond donors (Lipinski definition) is 0. The zero-order chi connectivity index (χ0) is 16.2. The van der Waals surface area contributed by atoms with Crippen molar-refractivity contribution in [2.45, 2.75) is 52.2 Å². The van der Waals surface area contributed by atoms with E-state index in [1.165, 1.54) is 20.3 Å². The first-order valence-corrected chi connectivity index (χ1v) is 7.19. The number of ketones is 1. The first kappa shape index (κ1) is 17.8. The van der Waals surface area contributed by atoms with Gasteiger partial charge in [0.2, 0.25) is 0 Å². The highest BCUT2D eigenvalue weighted by Gasteiger charge is 2.26. The Hall–Kier alpha value is -1.26. The van der Waals surface area contributed by atoms with Crippen molar-refractivity contribution in [2.24, 2.45) is 0 Å². The van der Waals surface area contributed by atoms with Crippen molar-refractivity contribution in [1.29, 1.82) is 0 Å². The molecule has 0 bridgehead atoms. The maximum absolute atomic E-state index is 14.5. The Morgan fingerprint density at radius 1 is 1.24 bits per heavy atom. The maximum Gasteiger partial charge on any atom is 0.183 e. The Morgan fingerprint density at radius 2 is 1.81 bits per heavy atom. The van der Waals surface area contributed by atoms with Crippen LogP contribution in [0.15, 0.2) is 12.1 Å². The smallest absolute Gasteiger partial charge is 0.183 e. The van der Waals surface area contributed by atoms with E-state index in [1.54, 1.807) is 0 Å². The summed E-state index contributed by atoms with van der Waals surface area (Å²) in [5.74, 6) is -0.723. The topological polar surface area (TPSA) is 35.5 Å². The quantitative estimate of drug-likeness (QED) is 0.576. The molecule has 0 spiro atoms. The van der Waals surface area contributed by atoms with Gasteiger partial charge in [0.15, 0.2) is 12.1 Å². The van der Waals surface area contributed by atoms with Gasteiger partial charge in [-0.1, -0.05) is 27.7 Å². The molecule has 0 atom stereocenters. The third kappa shape index (κ3) is 4.11. The van der Waals surface area contributed by atoms with Crippen LogP contribution in [-0.2, 0) is 14.9 Å². The van der Waals surface area contributed by atoms with Crippen LogP contribution in [-0.4, -0.2) is 20.0 Å². The van der Waals surface area contributed by atoms with Gasteiger partial charge in [-0.05, 0) is 29.5 Å². The average Bonchev–Trinajstić information content (AvgIpc) is 2.38. The standard InChI is InChI=1S/C17H25FO3/c1-7-8-14(19)15-12(16(20-5)21-6)9-11(10-13(15)18)17(2,3)4/h9-10,16H,7-8H2,1-6H3. The van der Waals surface area contributed by atoms with E-state index >= 15 is 0 Å². The van der Waals surface area contributed by atoms with Gasteiger partial charge < -0.3 is 9.47 Å². The van der Waals surface area contributed by atoms with Gasteiger partial charge in [-0.3, -0.25) is 4.79 Å². The summed E-state index contributed by atoms with van der Waals surface area (Å²) in [5, 5.41) is 0. The van der Waals surface area contributed by atoms with Crippen molar-refractivity contribution >= 4 is 5.78 Å². The first-order valence-electron chi connectivity index (χ1n) is 7.19. The molecule has 0 aliphatic rings. The van der Waals surface area contributed by atoms with E-state index in [9.17, 15) is 9.18 Å². The van der Waals surface area contributed by atoms with E-state index in [0.29, 0.717) is 18.4 Å². The molecule has 118 valence electrons. The summed E-state index contributed by atoms with van der Waals surface area (Å²) in [5.41, 5.74) is 1.12. The largest absolute Gasteiger partial charge is 0.352 e. The monoisotopic (exact) mass is 296 g/mol. The molecule has 0 saturated carbocycles. The van der Waals surface area contributed by atoms with Gasteiger partial charge in [0.1, 0.15) is 5.82 Å². The third-order valence-corrected chi connectivity index (χ3v) is 3.42. The summed E-state index contributed by atoms with van der Waals surface area (Å²) in [7, 11) is 2.95. The highest BCUT2D eigenvalue weighted by molar-refractivity contribution is 5.98. The summed E-state index contributed by atoms with van der Waals surface area (Å²) in [6.45, 7) is 7.87. The number of ether oxygens (including phenoxy) is 2. The minimum absolute atomic E-state index is 0.0820. The van der Waals surface area contributed by atoms with Gasteiger partial charge in [0.05, 0.1) is 5.56 Å². The molecule has 0 N–H and O–H groups in total. The zero-order valence-corrected chi connectivity index (χ0v) is 13.7. The number of benzene rings is 1. The zero-order valence-electron chi connectivity index (χ0n) is 13.7. The second-order valence-corrected chi connectivity index (χ2v) is 6.15. The Labute approximate surface area is 126 Å². The third-order valence-electron chi connectivity index (χ3n) is 3.42. The van der Waals surface area contributed by atoms with Crippen LogP contribution in [0, 0.1) is 5.82 Å². The fraction of sp³-hybridized carbons (Fsp3) is 0.588. The van der Waals surface area contributed by atoms with Crippen LogP contribution in [0.4, 0.5) is 4.39 Å². The van der Waals surface area contributed by atoms with Crippen LogP contribution in [0.5, 0.6) is 0 Å². The van der Waals surface area contributed by atoms with E-state index in [1.807, 2.05) is 33.8 Å². The summed E-state index contributed by atoms with van der Waals surface area (Å²) >= 11 is 0. The first-order chi connectivity index (χ1) is 9.76. The molecule has 0 aliphatic carbocycles. The number of carbonyl (C=O) groups is 1. The highest BCUT2D eigenvalue weighted by atomic mass is 19.1. The van der Waals surface area contributed by atoms with E-state index in [-0.39, 0.29) is 16.8 Å². The number of rotatable bonds is 6. The summed E-state index contributed by atoms with van der Waals surface area (Å²) in [6.07, 6.45) is 0.222. The molecule has 0 heterocycles.